The zero-order chi connectivity index (χ0) is 18.6. The Morgan fingerprint density at radius 1 is 1.35 bits per heavy atom. The van der Waals surface area contributed by atoms with Gasteiger partial charge >= 0.3 is 0 Å². The Morgan fingerprint density at radius 2 is 2.04 bits per heavy atom. The van der Waals surface area contributed by atoms with Gasteiger partial charge in [-0.1, -0.05) is 6.92 Å². The maximum absolute atomic E-state index is 12.6. The minimum Gasteiger partial charge on any atom is -0.495 e. The summed E-state index contributed by atoms with van der Waals surface area (Å²) in [6.07, 6.45) is 0.992. The van der Waals surface area contributed by atoms with E-state index in [9.17, 15) is 13.2 Å². The lowest BCUT2D eigenvalue weighted by Crippen LogP contribution is -2.50. The van der Waals surface area contributed by atoms with Crippen LogP contribution in [0.25, 0.3) is 0 Å². The van der Waals surface area contributed by atoms with Crippen molar-refractivity contribution in [1.29, 1.82) is 0 Å². The first-order valence-electron chi connectivity index (χ1n) is 8.46. The molecule has 3 N–H and O–H groups in total. The van der Waals surface area contributed by atoms with E-state index in [0.29, 0.717) is 18.0 Å². The molecule has 1 amide bonds. The van der Waals surface area contributed by atoms with Crippen LogP contribution < -0.4 is 20.1 Å². The highest BCUT2D eigenvalue weighted by atomic mass is 35.5. The third-order valence-corrected chi connectivity index (χ3v) is 5.93. The number of carbonyl (C=O) groups excluding carboxylic acids is 1. The van der Waals surface area contributed by atoms with Gasteiger partial charge in [-0.3, -0.25) is 4.79 Å². The second kappa shape index (κ2) is 9.55. The van der Waals surface area contributed by atoms with Gasteiger partial charge in [0.25, 0.3) is 5.91 Å². The fraction of sp³-hybridized carbons (Fsp3) is 0.588. The smallest absolute Gasteiger partial charge is 0.251 e. The van der Waals surface area contributed by atoms with E-state index >= 15 is 0 Å². The van der Waals surface area contributed by atoms with Crippen molar-refractivity contribution in [2.75, 3.05) is 20.2 Å². The monoisotopic (exact) mass is 405 g/mol. The molecule has 0 aliphatic carbocycles. The number of ether oxygens (including phenoxy) is 1. The van der Waals surface area contributed by atoms with Gasteiger partial charge in [0.2, 0.25) is 10.0 Å². The molecule has 2 unspecified atom stereocenters. The van der Waals surface area contributed by atoms with Crippen LogP contribution in [-0.2, 0) is 10.0 Å². The zero-order valence-corrected chi connectivity index (χ0v) is 17.2. The minimum atomic E-state index is -3.77. The lowest BCUT2D eigenvalue weighted by atomic mass is 9.94. The van der Waals surface area contributed by atoms with E-state index in [1.807, 2.05) is 0 Å². The summed E-state index contributed by atoms with van der Waals surface area (Å²) in [6.45, 7) is 7.22. The summed E-state index contributed by atoms with van der Waals surface area (Å²) in [5.74, 6) is 0.288. The average molecular weight is 406 g/mol. The molecule has 2 atom stereocenters. The number of hydrogen-bond donors (Lipinski definition) is 3. The predicted molar refractivity (Wildman–Crippen MR) is 104 cm³/mol. The number of nitrogens with one attached hydrogen (secondary N) is 3. The topological polar surface area (TPSA) is 96.5 Å². The van der Waals surface area contributed by atoms with Gasteiger partial charge in [0.05, 0.1) is 7.11 Å². The van der Waals surface area contributed by atoms with Crippen molar-refractivity contribution in [3.63, 3.8) is 0 Å². The number of amides is 1. The van der Waals surface area contributed by atoms with E-state index in [4.69, 9.17) is 4.74 Å². The first-order chi connectivity index (χ1) is 11.7. The summed E-state index contributed by atoms with van der Waals surface area (Å²) in [6, 6.07) is 4.20. The Kier molecular flexibility index (Phi) is 8.33. The molecule has 0 aromatic heterocycles. The highest BCUT2D eigenvalue weighted by molar-refractivity contribution is 7.89. The summed E-state index contributed by atoms with van der Waals surface area (Å²) in [4.78, 5) is 12.5. The summed E-state index contributed by atoms with van der Waals surface area (Å²) in [5, 5.41) is 6.24. The molecule has 9 heteroatoms. The van der Waals surface area contributed by atoms with Gasteiger partial charge in [0.1, 0.15) is 10.6 Å². The standard InChI is InChI=1S/C17H27N3O4S.ClH/c1-11(2)20-25(22,23)16-9-13(5-6-15(16)24-4)17(21)19-14-10-18-8-7-12(14)3;/h5-6,9,11-12,14,18,20H,7-8,10H2,1-4H3,(H,19,21);1H. The lowest BCUT2D eigenvalue weighted by Gasteiger charge is -2.30. The number of piperidine rings is 1. The van der Waals surface area contributed by atoms with E-state index in [1.54, 1.807) is 19.9 Å². The van der Waals surface area contributed by atoms with Gasteiger partial charge in [0.15, 0.2) is 0 Å². The molecular formula is C17H28ClN3O4S. The van der Waals surface area contributed by atoms with Gasteiger partial charge < -0.3 is 15.4 Å². The van der Waals surface area contributed by atoms with E-state index < -0.39 is 10.0 Å². The number of halogens is 1. The van der Waals surface area contributed by atoms with Crippen LogP contribution >= 0.6 is 12.4 Å². The van der Waals surface area contributed by atoms with Crippen LogP contribution in [0, 0.1) is 5.92 Å². The van der Waals surface area contributed by atoms with Crippen molar-refractivity contribution in [1.82, 2.24) is 15.4 Å². The fourth-order valence-electron chi connectivity index (χ4n) is 2.84. The molecule has 1 aromatic rings. The molecule has 1 saturated heterocycles. The lowest BCUT2D eigenvalue weighted by molar-refractivity contribution is 0.0915. The first-order valence-corrected chi connectivity index (χ1v) is 9.95. The third kappa shape index (κ3) is 5.57. The Morgan fingerprint density at radius 3 is 2.62 bits per heavy atom. The number of benzene rings is 1. The van der Waals surface area contributed by atoms with Crippen LogP contribution in [0.2, 0.25) is 0 Å². The number of methoxy groups -OCH3 is 1. The quantitative estimate of drug-likeness (QED) is 0.667. The van der Waals surface area contributed by atoms with Crippen molar-refractivity contribution in [3.8, 4) is 5.75 Å². The van der Waals surface area contributed by atoms with E-state index in [-0.39, 0.29) is 41.0 Å². The molecule has 1 fully saturated rings. The molecule has 1 aliphatic rings. The third-order valence-electron chi connectivity index (χ3n) is 4.25. The number of rotatable bonds is 6. The first kappa shape index (κ1) is 22.7. The highest BCUT2D eigenvalue weighted by Crippen LogP contribution is 2.25. The van der Waals surface area contributed by atoms with E-state index in [2.05, 4.69) is 22.3 Å². The van der Waals surface area contributed by atoms with Crippen molar-refractivity contribution in [3.05, 3.63) is 23.8 Å². The van der Waals surface area contributed by atoms with Crippen LogP contribution in [0.4, 0.5) is 0 Å². The van der Waals surface area contributed by atoms with E-state index in [0.717, 1.165) is 13.0 Å². The summed E-state index contributed by atoms with van der Waals surface area (Å²) >= 11 is 0. The van der Waals surface area contributed by atoms with Gasteiger partial charge in [-0.2, -0.15) is 0 Å². The number of sulfonamides is 1. The molecule has 0 radical (unpaired) electrons. The highest BCUT2D eigenvalue weighted by Gasteiger charge is 2.25. The van der Waals surface area contributed by atoms with Gasteiger partial charge in [-0.25, -0.2) is 13.1 Å². The molecule has 148 valence electrons. The minimum absolute atomic E-state index is 0. The number of hydrogen-bond acceptors (Lipinski definition) is 5. The maximum atomic E-state index is 12.6. The molecular weight excluding hydrogens is 378 g/mol. The van der Waals surface area contributed by atoms with Crippen LogP contribution in [0.15, 0.2) is 23.1 Å². The van der Waals surface area contributed by atoms with Gasteiger partial charge in [-0.15, -0.1) is 12.4 Å². The Hall–Kier alpha value is -1.35. The SMILES string of the molecule is COc1ccc(C(=O)NC2CNCCC2C)cc1S(=O)(=O)NC(C)C.Cl. The van der Waals surface area contributed by atoms with E-state index in [1.165, 1.54) is 19.2 Å². The summed E-state index contributed by atoms with van der Waals surface area (Å²) in [5.41, 5.74) is 0.294. The summed E-state index contributed by atoms with van der Waals surface area (Å²) < 4.78 is 32.7. The average Bonchev–Trinajstić information content (AvgIpc) is 2.55. The van der Waals surface area contributed by atoms with Crippen molar-refractivity contribution < 1.29 is 17.9 Å². The fourth-order valence-corrected chi connectivity index (χ4v) is 4.28. The van der Waals surface area contributed by atoms with Gasteiger partial charge in [-0.05, 0) is 50.9 Å². The van der Waals surface area contributed by atoms with Crippen LogP contribution in [0.3, 0.4) is 0 Å². The predicted octanol–water partition coefficient (Wildman–Crippen LogP) is 1.53. The molecule has 7 nitrogen and oxygen atoms in total. The maximum Gasteiger partial charge on any atom is 0.251 e. The second-order valence-electron chi connectivity index (χ2n) is 6.69. The molecule has 1 aromatic carbocycles. The molecule has 1 heterocycles. The van der Waals surface area contributed by atoms with Crippen molar-refractivity contribution >= 4 is 28.3 Å². The largest absolute Gasteiger partial charge is 0.495 e. The van der Waals surface area contributed by atoms with Crippen LogP contribution in [0.5, 0.6) is 5.75 Å². The zero-order valence-electron chi connectivity index (χ0n) is 15.5. The van der Waals surface area contributed by atoms with Crippen LogP contribution in [0.1, 0.15) is 37.6 Å². The Labute approximate surface area is 161 Å². The van der Waals surface area contributed by atoms with Crippen LogP contribution in [-0.4, -0.2) is 46.6 Å². The Bertz CT molecular complexity index is 725. The van der Waals surface area contributed by atoms with Crippen molar-refractivity contribution in [2.45, 2.75) is 44.2 Å². The normalized spacial score (nSPS) is 20.3. The molecule has 0 saturated carbocycles. The Balaban J connectivity index is 0.00000338. The molecule has 2 rings (SSSR count). The number of carbonyl (C=O) groups is 1. The van der Waals surface area contributed by atoms with Crippen molar-refractivity contribution in [2.24, 2.45) is 5.92 Å². The summed E-state index contributed by atoms with van der Waals surface area (Å²) in [7, 11) is -2.37. The van der Waals surface area contributed by atoms with Gasteiger partial charge in [0, 0.05) is 24.2 Å². The molecule has 1 aliphatic heterocycles. The molecule has 0 spiro atoms. The molecule has 0 bridgehead atoms. The molecule has 26 heavy (non-hydrogen) atoms. The second-order valence-corrected chi connectivity index (χ2v) is 8.37.